The summed E-state index contributed by atoms with van der Waals surface area (Å²) in [7, 11) is 0. The molecule has 0 aromatic heterocycles. The van der Waals surface area contributed by atoms with Crippen LogP contribution in [0, 0.1) is 0 Å². The Bertz CT molecular complexity index is 9.61. The van der Waals surface area contributed by atoms with Crippen LogP contribution in [0.1, 0.15) is 1.43 Å². The van der Waals surface area contributed by atoms with E-state index in [0.29, 0.717) is 0 Å². The van der Waals surface area contributed by atoms with Crippen molar-refractivity contribution in [2.24, 2.45) is 0 Å². The Hall–Kier alpha value is 2.11. The van der Waals surface area contributed by atoms with E-state index in [0.717, 1.165) is 20.4 Å². The van der Waals surface area contributed by atoms with Crippen molar-refractivity contribution >= 4 is 0 Å². The molecule has 0 rings (SSSR count). The van der Waals surface area contributed by atoms with Crippen molar-refractivity contribution in [1.82, 2.24) is 0 Å². The van der Waals surface area contributed by atoms with E-state index >= 15 is 0 Å². The normalized spacial score (nSPS) is 0.750. The van der Waals surface area contributed by atoms with Crippen LogP contribution in [0.25, 0.3) is 0 Å². The number of hydrogen-bond donors (Lipinski definition) is 0. The van der Waals surface area contributed by atoms with Crippen LogP contribution in [-0.4, -0.2) is 5.48 Å². The van der Waals surface area contributed by atoms with Crippen LogP contribution < -0.4 is 51.4 Å². The van der Waals surface area contributed by atoms with E-state index in [-0.39, 0.29) is 58.3 Å². The molecular formula is H3KO2Ti. The average molecular weight is 122 g/mol. The van der Waals surface area contributed by atoms with Crippen LogP contribution in [0.5, 0.6) is 0 Å². The molecule has 0 radical (unpaired) electrons. The zero-order valence-corrected chi connectivity index (χ0v) is 7.09. The summed E-state index contributed by atoms with van der Waals surface area (Å²) in [5, 5.41) is 0. The third-order valence-electron chi connectivity index (χ3n) is 0. The van der Waals surface area contributed by atoms with E-state index in [4.69, 9.17) is 3.32 Å². The van der Waals surface area contributed by atoms with Gasteiger partial charge in [-0.1, -0.05) is 0 Å². The first-order valence-corrected chi connectivity index (χ1v) is 0.842. The minimum atomic E-state index is 0. The molecule has 0 atom stereocenters. The molecule has 4 heteroatoms. The summed E-state index contributed by atoms with van der Waals surface area (Å²) in [4.78, 5) is 0. The molecule has 0 saturated carbocycles. The quantitative estimate of drug-likeness (QED) is 0.303. The van der Waals surface area contributed by atoms with Crippen molar-refractivity contribution in [2.45, 2.75) is 0 Å². The summed E-state index contributed by atoms with van der Waals surface area (Å²) in [5.41, 5.74) is 0. The van der Waals surface area contributed by atoms with Crippen LogP contribution >= 0.6 is 0 Å². The maximum atomic E-state index is 8.25. The SMILES string of the molecule is O.[H-].[K+].[O]=[Ti]. The molecule has 0 amide bonds. The van der Waals surface area contributed by atoms with Gasteiger partial charge in [0.15, 0.2) is 0 Å². The molecule has 20 valence electrons. The van der Waals surface area contributed by atoms with E-state index in [2.05, 4.69) is 0 Å². The van der Waals surface area contributed by atoms with Crippen LogP contribution in [0.3, 0.4) is 0 Å². The Balaban J connectivity index is -0.00000000167. The van der Waals surface area contributed by atoms with Gasteiger partial charge in [-0.05, 0) is 0 Å². The summed E-state index contributed by atoms with van der Waals surface area (Å²) in [6.45, 7) is 0. The zero-order chi connectivity index (χ0) is 2.00. The molecule has 0 aliphatic carbocycles. The van der Waals surface area contributed by atoms with E-state index in [9.17, 15) is 0 Å². The fourth-order valence-electron chi connectivity index (χ4n) is 0. The average Bonchev–Trinajstić information content (AvgIpc) is 1.00. The topological polar surface area (TPSA) is 48.6 Å². The number of rotatable bonds is 0. The van der Waals surface area contributed by atoms with E-state index in [1.54, 1.807) is 0 Å². The predicted molar refractivity (Wildman–Crippen MR) is 5.41 cm³/mol. The van der Waals surface area contributed by atoms with E-state index < -0.39 is 0 Å². The fourth-order valence-corrected chi connectivity index (χ4v) is 0. The molecule has 0 aliphatic rings. The molecule has 2 nitrogen and oxygen atoms in total. The van der Waals surface area contributed by atoms with Crippen molar-refractivity contribution in [2.75, 3.05) is 0 Å². The third kappa shape index (κ3) is 8.93. The van der Waals surface area contributed by atoms with Gasteiger partial charge in [0, 0.05) is 0 Å². The summed E-state index contributed by atoms with van der Waals surface area (Å²) in [6.07, 6.45) is 0. The maximum absolute atomic E-state index is 8.25. The van der Waals surface area contributed by atoms with Gasteiger partial charge in [0.05, 0.1) is 0 Å². The second kappa shape index (κ2) is 19.4. The van der Waals surface area contributed by atoms with E-state index in [1.807, 2.05) is 0 Å². The van der Waals surface area contributed by atoms with Gasteiger partial charge in [-0.25, -0.2) is 0 Å². The molecule has 2 N–H and O–H groups in total. The van der Waals surface area contributed by atoms with Crippen molar-refractivity contribution < 1.29 is 82.0 Å². The van der Waals surface area contributed by atoms with Crippen LogP contribution in [0.2, 0.25) is 0 Å². The molecule has 0 fully saturated rings. The molecular weight excluding hydrogens is 119 g/mol. The molecule has 0 aromatic carbocycles. The van der Waals surface area contributed by atoms with Gasteiger partial charge in [-0.2, -0.15) is 0 Å². The molecule has 0 spiro atoms. The second-order valence-electron chi connectivity index (χ2n) is 0. The Labute approximate surface area is 80.3 Å². The Morgan fingerprint density at radius 3 is 1.50 bits per heavy atom. The Morgan fingerprint density at radius 1 is 1.50 bits per heavy atom. The minimum absolute atomic E-state index is 0. The van der Waals surface area contributed by atoms with Crippen molar-refractivity contribution in [3.8, 4) is 0 Å². The summed E-state index contributed by atoms with van der Waals surface area (Å²) in [5.74, 6) is 0. The van der Waals surface area contributed by atoms with Crippen molar-refractivity contribution in [1.29, 1.82) is 0 Å². The van der Waals surface area contributed by atoms with Gasteiger partial charge in [-0.15, -0.1) is 0 Å². The van der Waals surface area contributed by atoms with Gasteiger partial charge >= 0.3 is 75.1 Å². The summed E-state index contributed by atoms with van der Waals surface area (Å²) >= 11 is 0.750. The van der Waals surface area contributed by atoms with Gasteiger partial charge < -0.3 is 6.90 Å². The summed E-state index contributed by atoms with van der Waals surface area (Å²) < 4.78 is 8.25. The van der Waals surface area contributed by atoms with Gasteiger partial charge in [0.25, 0.3) is 0 Å². The summed E-state index contributed by atoms with van der Waals surface area (Å²) in [6, 6.07) is 0. The van der Waals surface area contributed by atoms with Crippen LogP contribution in [-0.2, 0) is 23.7 Å². The molecule has 4 heavy (non-hydrogen) atoms. The third-order valence-corrected chi connectivity index (χ3v) is 0. The van der Waals surface area contributed by atoms with E-state index in [1.165, 1.54) is 0 Å². The van der Waals surface area contributed by atoms with Gasteiger partial charge in [0.2, 0.25) is 0 Å². The first-order chi connectivity index (χ1) is 1.00. The zero-order valence-electron chi connectivity index (χ0n) is 3.41. The first-order valence-electron chi connectivity index (χ1n) is 0.204. The molecule has 0 unspecified atom stereocenters. The second-order valence-corrected chi connectivity index (χ2v) is 0. The van der Waals surface area contributed by atoms with Gasteiger partial charge in [-0.3, -0.25) is 0 Å². The Kier molecular flexibility index (Phi) is 79.9. The first kappa shape index (κ1) is 16.5. The fraction of sp³-hybridized carbons (Fsp3) is 0. The van der Waals surface area contributed by atoms with Crippen LogP contribution in [0.4, 0.5) is 0 Å². The van der Waals surface area contributed by atoms with Crippen LogP contribution in [0.15, 0.2) is 0 Å². The van der Waals surface area contributed by atoms with Crippen molar-refractivity contribution in [3.63, 3.8) is 0 Å². The Morgan fingerprint density at radius 2 is 1.50 bits per heavy atom. The molecule has 0 bridgehead atoms. The molecule has 0 heterocycles. The standard InChI is InChI=1S/K.H2O.O.Ti.H/h;1H2;;;/q+1;;;;-1. The van der Waals surface area contributed by atoms with Gasteiger partial charge in [0.1, 0.15) is 0 Å². The predicted octanol–water partition coefficient (Wildman–Crippen LogP) is -3.83. The molecule has 0 aliphatic heterocycles. The molecule has 0 aromatic rings. The molecule has 0 saturated heterocycles. The monoisotopic (exact) mass is 122 g/mol. The number of hydrogen-bond acceptors (Lipinski definition) is 1. The van der Waals surface area contributed by atoms with Crippen molar-refractivity contribution in [3.05, 3.63) is 0 Å².